The zero-order valence-corrected chi connectivity index (χ0v) is 19.1. The Bertz CT molecular complexity index is 674. The molecular formula is C26H42O4. The molecule has 0 bridgehead atoms. The van der Waals surface area contributed by atoms with Crippen molar-refractivity contribution in [1.29, 1.82) is 0 Å². The Labute approximate surface area is 182 Å². The van der Waals surface area contributed by atoms with Crippen LogP contribution in [-0.4, -0.2) is 33.5 Å². The second kappa shape index (κ2) is 8.24. The van der Waals surface area contributed by atoms with Crippen molar-refractivity contribution in [2.75, 3.05) is 0 Å². The molecule has 4 rings (SSSR count). The van der Waals surface area contributed by atoms with Gasteiger partial charge in [-0.3, -0.25) is 0 Å². The van der Waals surface area contributed by atoms with E-state index in [0.29, 0.717) is 29.6 Å². The Morgan fingerprint density at radius 3 is 2.57 bits per heavy atom. The second-order valence-corrected chi connectivity index (χ2v) is 11.7. The topological polar surface area (TPSA) is 77.8 Å². The van der Waals surface area contributed by atoms with Crippen molar-refractivity contribution < 1.29 is 20.1 Å². The summed E-state index contributed by atoms with van der Waals surface area (Å²) in [5.74, 6) is 2.71. The lowest BCUT2D eigenvalue weighted by Crippen LogP contribution is -2.58. The van der Waals surface area contributed by atoms with Crippen LogP contribution < -0.4 is 0 Å². The second-order valence-electron chi connectivity index (χ2n) is 11.7. The normalized spacial score (nSPS) is 49.3. The lowest BCUT2D eigenvalue weighted by Gasteiger charge is -2.62. The molecule has 4 unspecified atom stereocenters. The molecule has 0 aromatic rings. The van der Waals surface area contributed by atoms with Crippen LogP contribution >= 0.6 is 0 Å². The minimum absolute atomic E-state index is 0.00548. The van der Waals surface area contributed by atoms with Crippen LogP contribution in [0.3, 0.4) is 0 Å². The van der Waals surface area contributed by atoms with Gasteiger partial charge in [0.1, 0.15) is 0 Å². The average molecular weight is 419 g/mol. The molecule has 0 spiro atoms. The Hall–Kier alpha value is -0.870. The quantitative estimate of drug-likeness (QED) is 0.547. The smallest absolute Gasteiger partial charge is 0.327 e. The highest BCUT2D eigenvalue weighted by Crippen LogP contribution is 2.68. The molecule has 4 nitrogen and oxygen atoms in total. The first-order valence-electron chi connectivity index (χ1n) is 12.4. The minimum Gasteiger partial charge on any atom is -0.478 e. The van der Waals surface area contributed by atoms with E-state index < -0.39 is 5.97 Å². The Balaban J connectivity index is 1.50. The molecule has 0 aromatic heterocycles. The molecule has 4 aliphatic rings. The number of hydrogen-bond acceptors (Lipinski definition) is 3. The first kappa shape index (κ1) is 22.3. The van der Waals surface area contributed by atoms with Crippen molar-refractivity contribution in [3.8, 4) is 0 Å². The van der Waals surface area contributed by atoms with Crippen LogP contribution in [0.25, 0.3) is 0 Å². The average Bonchev–Trinajstić information content (AvgIpc) is 3.05. The summed E-state index contributed by atoms with van der Waals surface area (Å²) in [6.07, 6.45) is 13.4. The maximum absolute atomic E-state index is 11.6. The number of carboxylic acids is 1. The minimum atomic E-state index is -0.872. The van der Waals surface area contributed by atoms with E-state index in [9.17, 15) is 15.0 Å². The van der Waals surface area contributed by atoms with Crippen LogP contribution in [0.1, 0.15) is 85.0 Å². The summed E-state index contributed by atoms with van der Waals surface area (Å²) in [5, 5.41) is 30.6. The van der Waals surface area contributed by atoms with E-state index in [1.165, 1.54) is 31.8 Å². The summed E-state index contributed by atoms with van der Waals surface area (Å²) in [7, 11) is 0. The molecule has 0 heterocycles. The number of aliphatic hydroxyl groups is 2. The maximum Gasteiger partial charge on any atom is 0.327 e. The molecule has 10 atom stereocenters. The number of carbonyl (C=O) groups is 1. The fourth-order valence-corrected chi connectivity index (χ4v) is 8.90. The molecule has 0 radical (unpaired) electrons. The molecule has 4 saturated carbocycles. The van der Waals surface area contributed by atoms with Crippen LogP contribution in [0.4, 0.5) is 0 Å². The fourth-order valence-electron chi connectivity index (χ4n) is 8.90. The summed E-state index contributed by atoms with van der Waals surface area (Å²) in [6, 6.07) is 0. The van der Waals surface area contributed by atoms with E-state index in [4.69, 9.17) is 5.11 Å². The monoisotopic (exact) mass is 418 g/mol. The molecule has 3 N–H and O–H groups in total. The summed E-state index contributed by atoms with van der Waals surface area (Å²) in [5.41, 5.74) is 0.282. The highest BCUT2D eigenvalue weighted by Gasteiger charge is 2.63. The predicted molar refractivity (Wildman–Crippen MR) is 118 cm³/mol. The van der Waals surface area contributed by atoms with E-state index in [2.05, 4.69) is 20.8 Å². The third-order valence-electron chi connectivity index (χ3n) is 10.6. The molecule has 4 aliphatic carbocycles. The summed E-state index contributed by atoms with van der Waals surface area (Å²) < 4.78 is 0. The van der Waals surface area contributed by atoms with Crippen LogP contribution in [-0.2, 0) is 4.79 Å². The van der Waals surface area contributed by atoms with Gasteiger partial charge in [0.2, 0.25) is 0 Å². The predicted octanol–water partition coefficient (Wildman–Crippen LogP) is 5.03. The summed E-state index contributed by atoms with van der Waals surface area (Å²) >= 11 is 0. The summed E-state index contributed by atoms with van der Waals surface area (Å²) in [6.45, 7) is 7.16. The Morgan fingerprint density at radius 1 is 1.07 bits per heavy atom. The molecule has 0 aromatic carbocycles. The van der Waals surface area contributed by atoms with Gasteiger partial charge in [-0.2, -0.15) is 0 Å². The van der Waals surface area contributed by atoms with Crippen LogP contribution in [0.15, 0.2) is 12.2 Å². The molecule has 170 valence electrons. The number of allylic oxidation sites excluding steroid dienone is 1. The number of aliphatic carboxylic acids is 1. The highest BCUT2D eigenvalue weighted by atomic mass is 16.4. The van der Waals surface area contributed by atoms with Gasteiger partial charge in [0.05, 0.1) is 12.2 Å². The molecule has 0 aliphatic heterocycles. The van der Waals surface area contributed by atoms with E-state index in [1.54, 1.807) is 6.08 Å². The molecule has 4 fully saturated rings. The Kier molecular flexibility index (Phi) is 6.13. The molecule has 30 heavy (non-hydrogen) atoms. The zero-order chi connectivity index (χ0) is 21.7. The first-order chi connectivity index (χ1) is 14.2. The van der Waals surface area contributed by atoms with Gasteiger partial charge in [-0.05, 0) is 111 Å². The van der Waals surface area contributed by atoms with Crippen LogP contribution in [0.2, 0.25) is 0 Å². The standard InChI is InChI=1S/C26H42O4/c1-16(6-4-5-7-24(29)30)20-10-11-21-19-9-8-17-14-18(27)12-13-25(17,2)22(19)15-23(28)26(20,21)3/h5,7,16-23,27-28H,4,6,8-15H2,1-3H3,(H,29,30)/b7-5+/t16?,17?,18?,19-,20+,21-,22-,23?,25-,26+/m0/s1. The summed E-state index contributed by atoms with van der Waals surface area (Å²) in [4.78, 5) is 10.7. The maximum atomic E-state index is 11.6. The number of carboxylic acid groups (broad SMARTS) is 1. The van der Waals surface area contributed by atoms with Gasteiger partial charge >= 0.3 is 5.97 Å². The third kappa shape index (κ3) is 3.56. The third-order valence-corrected chi connectivity index (χ3v) is 10.6. The number of fused-ring (bicyclic) bond motifs is 5. The van der Waals surface area contributed by atoms with Crippen LogP contribution in [0, 0.1) is 46.3 Å². The van der Waals surface area contributed by atoms with Gasteiger partial charge in [0.25, 0.3) is 0 Å². The van der Waals surface area contributed by atoms with E-state index >= 15 is 0 Å². The molecule has 0 saturated heterocycles. The van der Waals surface area contributed by atoms with Gasteiger partial charge in [-0.15, -0.1) is 0 Å². The van der Waals surface area contributed by atoms with E-state index in [-0.39, 0.29) is 23.0 Å². The van der Waals surface area contributed by atoms with Crippen LogP contribution in [0.5, 0.6) is 0 Å². The molecule has 4 heteroatoms. The first-order valence-corrected chi connectivity index (χ1v) is 12.4. The van der Waals surface area contributed by atoms with Gasteiger partial charge in [0, 0.05) is 6.08 Å². The molecule has 0 amide bonds. The number of hydrogen-bond donors (Lipinski definition) is 3. The van der Waals surface area contributed by atoms with Crippen molar-refractivity contribution in [2.45, 2.75) is 97.2 Å². The van der Waals surface area contributed by atoms with Crippen molar-refractivity contribution in [2.24, 2.45) is 46.3 Å². The van der Waals surface area contributed by atoms with Crippen molar-refractivity contribution in [3.05, 3.63) is 12.2 Å². The van der Waals surface area contributed by atoms with Crippen molar-refractivity contribution >= 4 is 5.97 Å². The lowest BCUT2D eigenvalue weighted by atomic mass is 9.43. The van der Waals surface area contributed by atoms with E-state index in [1.807, 2.05) is 0 Å². The Morgan fingerprint density at radius 2 is 1.83 bits per heavy atom. The SMILES string of the molecule is CC(CC/C=C/C(=O)O)[C@H]1CC[C@H]2[C@@H]3CCC4CC(O)CC[C@]4(C)[C@H]3CC(O)[C@]12C. The largest absolute Gasteiger partial charge is 0.478 e. The van der Waals surface area contributed by atoms with Gasteiger partial charge in [-0.1, -0.05) is 26.8 Å². The van der Waals surface area contributed by atoms with Gasteiger partial charge < -0.3 is 15.3 Å². The van der Waals surface area contributed by atoms with E-state index in [0.717, 1.165) is 44.4 Å². The van der Waals surface area contributed by atoms with Crippen molar-refractivity contribution in [1.82, 2.24) is 0 Å². The molecular weight excluding hydrogens is 376 g/mol. The number of aliphatic hydroxyl groups excluding tert-OH is 2. The van der Waals surface area contributed by atoms with Gasteiger partial charge in [-0.25, -0.2) is 4.79 Å². The fraction of sp³-hybridized carbons (Fsp3) is 0.885. The van der Waals surface area contributed by atoms with Gasteiger partial charge in [0.15, 0.2) is 0 Å². The number of rotatable bonds is 5. The highest BCUT2D eigenvalue weighted by molar-refractivity contribution is 5.79. The zero-order valence-electron chi connectivity index (χ0n) is 19.1. The lowest BCUT2D eigenvalue weighted by molar-refractivity contribution is -0.174. The van der Waals surface area contributed by atoms with Crippen molar-refractivity contribution in [3.63, 3.8) is 0 Å².